The van der Waals surface area contributed by atoms with Gasteiger partial charge in [0.05, 0.1) is 7.11 Å². The number of aryl methyl sites for hydroxylation is 1. The minimum atomic E-state index is 0.127. The highest BCUT2D eigenvalue weighted by Gasteiger charge is 2.37. The molecule has 1 aromatic carbocycles. The van der Waals surface area contributed by atoms with E-state index in [0.29, 0.717) is 0 Å². The van der Waals surface area contributed by atoms with Crippen LogP contribution in [0.15, 0.2) is 24.4 Å². The van der Waals surface area contributed by atoms with Gasteiger partial charge in [0.25, 0.3) is 0 Å². The van der Waals surface area contributed by atoms with Crippen molar-refractivity contribution in [3.8, 4) is 5.75 Å². The summed E-state index contributed by atoms with van der Waals surface area (Å²) in [7, 11) is 1.70. The van der Waals surface area contributed by atoms with E-state index in [2.05, 4.69) is 23.3 Å². The van der Waals surface area contributed by atoms with Gasteiger partial charge >= 0.3 is 0 Å². The zero-order valence-corrected chi connectivity index (χ0v) is 10.1. The van der Waals surface area contributed by atoms with Crippen molar-refractivity contribution in [3.05, 3.63) is 30.0 Å². The molecular weight excluding hydrogens is 212 g/mol. The highest BCUT2D eigenvalue weighted by atomic mass is 16.5. The molecule has 0 radical (unpaired) electrons. The van der Waals surface area contributed by atoms with Crippen LogP contribution in [0.3, 0.4) is 0 Å². The molecule has 1 heterocycles. The average molecular weight is 230 g/mol. The number of H-pyrrole nitrogens is 1. The molecule has 3 heteroatoms. The molecule has 1 saturated carbocycles. The number of aromatic amines is 1. The lowest BCUT2D eigenvalue weighted by Crippen LogP contribution is -2.21. The van der Waals surface area contributed by atoms with Crippen molar-refractivity contribution in [1.82, 2.24) is 4.98 Å². The quantitative estimate of drug-likeness (QED) is 0.848. The van der Waals surface area contributed by atoms with Gasteiger partial charge in [-0.15, -0.1) is 0 Å². The number of hydrogen-bond acceptors (Lipinski definition) is 2. The molecule has 3 nitrogen and oxygen atoms in total. The number of fused-ring (bicyclic) bond motifs is 1. The van der Waals surface area contributed by atoms with Gasteiger partial charge < -0.3 is 15.5 Å². The van der Waals surface area contributed by atoms with Gasteiger partial charge in [0.2, 0.25) is 0 Å². The molecule has 1 aliphatic carbocycles. The second-order valence-corrected chi connectivity index (χ2v) is 5.09. The smallest absolute Gasteiger partial charge is 0.119 e. The Labute approximate surface area is 101 Å². The van der Waals surface area contributed by atoms with E-state index in [9.17, 15) is 0 Å². The van der Waals surface area contributed by atoms with Crippen LogP contribution in [0, 0.1) is 0 Å². The Hall–Kier alpha value is -1.48. The predicted molar refractivity (Wildman–Crippen MR) is 69.3 cm³/mol. The second kappa shape index (κ2) is 3.77. The highest BCUT2D eigenvalue weighted by molar-refractivity contribution is 5.84. The maximum atomic E-state index is 6.13. The van der Waals surface area contributed by atoms with Crippen LogP contribution in [0.5, 0.6) is 5.75 Å². The molecule has 2 aromatic rings. The molecule has 3 rings (SSSR count). The summed E-state index contributed by atoms with van der Waals surface area (Å²) in [5.41, 5.74) is 8.77. The van der Waals surface area contributed by atoms with Crippen LogP contribution in [0.2, 0.25) is 0 Å². The van der Waals surface area contributed by atoms with E-state index in [1.807, 2.05) is 6.07 Å². The van der Waals surface area contributed by atoms with Crippen LogP contribution in [0.25, 0.3) is 10.9 Å². The van der Waals surface area contributed by atoms with Crippen LogP contribution in [0.4, 0.5) is 0 Å². The van der Waals surface area contributed by atoms with Crippen molar-refractivity contribution >= 4 is 10.9 Å². The van der Waals surface area contributed by atoms with Gasteiger partial charge in [-0.05, 0) is 49.4 Å². The monoisotopic (exact) mass is 230 g/mol. The lowest BCUT2D eigenvalue weighted by atomic mass is 10.0. The Bertz CT molecular complexity index is 540. The number of benzene rings is 1. The van der Waals surface area contributed by atoms with Crippen molar-refractivity contribution in [2.24, 2.45) is 5.73 Å². The summed E-state index contributed by atoms with van der Waals surface area (Å²) in [5.74, 6) is 0.909. The van der Waals surface area contributed by atoms with Gasteiger partial charge in [-0.3, -0.25) is 0 Å². The van der Waals surface area contributed by atoms with Crippen LogP contribution in [-0.4, -0.2) is 17.6 Å². The number of aromatic nitrogens is 1. The Morgan fingerprint density at radius 3 is 2.94 bits per heavy atom. The van der Waals surface area contributed by atoms with Crippen LogP contribution in [0.1, 0.15) is 24.8 Å². The number of nitrogens with one attached hydrogen (secondary N) is 1. The summed E-state index contributed by atoms with van der Waals surface area (Å²) in [4.78, 5) is 3.30. The molecule has 0 aliphatic heterocycles. The molecule has 1 aliphatic rings. The van der Waals surface area contributed by atoms with Crippen LogP contribution in [-0.2, 0) is 6.42 Å². The Morgan fingerprint density at radius 2 is 2.24 bits per heavy atom. The number of ether oxygens (including phenoxy) is 1. The zero-order chi connectivity index (χ0) is 11.9. The summed E-state index contributed by atoms with van der Waals surface area (Å²) in [6.07, 6.45) is 6.58. The van der Waals surface area contributed by atoms with E-state index in [0.717, 1.165) is 18.6 Å². The molecule has 0 unspecified atom stereocenters. The van der Waals surface area contributed by atoms with Gasteiger partial charge in [-0.1, -0.05) is 0 Å². The number of nitrogens with two attached hydrogens (primary N) is 1. The van der Waals surface area contributed by atoms with Crippen molar-refractivity contribution < 1.29 is 4.74 Å². The first-order valence-corrected chi connectivity index (χ1v) is 6.13. The lowest BCUT2D eigenvalue weighted by Gasteiger charge is -2.07. The van der Waals surface area contributed by atoms with Gasteiger partial charge in [-0.25, -0.2) is 0 Å². The second-order valence-electron chi connectivity index (χ2n) is 5.09. The molecule has 0 atom stereocenters. The van der Waals surface area contributed by atoms with E-state index in [4.69, 9.17) is 10.5 Å². The van der Waals surface area contributed by atoms with Crippen molar-refractivity contribution in [3.63, 3.8) is 0 Å². The minimum absolute atomic E-state index is 0.127. The molecule has 17 heavy (non-hydrogen) atoms. The van der Waals surface area contributed by atoms with E-state index >= 15 is 0 Å². The molecule has 3 N–H and O–H groups in total. The normalized spacial score (nSPS) is 17.3. The van der Waals surface area contributed by atoms with E-state index in [1.54, 1.807) is 7.11 Å². The fourth-order valence-corrected chi connectivity index (χ4v) is 2.29. The lowest BCUT2D eigenvalue weighted by molar-refractivity contribution is 0.415. The summed E-state index contributed by atoms with van der Waals surface area (Å²) >= 11 is 0. The SMILES string of the molecule is COc1ccc2[nH]cc(CCC3(N)CC3)c2c1. The standard InChI is InChI=1S/C14H18N2O/c1-17-11-2-3-13-12(8-11)10(9-16-13)4-5-14(15)6-7-14/h2-3,8-9,16H,4-7,15H2,1H3. The number of methoxy groups -OCH3 is 1. The van der Waals surface area contributed by atoms with E-state index in [-0.39, 0.29) is 5.54 Å². The molecule has 1 fully saturated rings. The van der Waals surface area contributed by atoms with Gasteiger partial charge in [0, 0.05) is 22.6 Å². The van der Waals surface area contributed by atoms with Gasteiger partial charge in [0.1, 0.15) is 5.75 Å². The number of hydrogen-bond donors (Lipinski definition) is 2. The van der Waals surface area contributed by atoms with Gasteiger partial charge in [-0.2, -0.15) is 0 Å². The third kappa shape index (κ3) is 2.03. The molecule has 0 amide bonds. The van der Waals surface area contributed by atoms with E-state index < -0.39 is 0 Å². The van der Waals surface area contributed by atoms with Crippen LogP contribution < -0.4 is 10.5 Å². The Balaban J connectivity index is 1.87. The predicted octanol–water partition coefficient (Wildman–Crippen LogP) is 2.60. The molecule has 0 bridgehead atoms. The van der Waals surface area contributed by atoms with E-state index in [1.165, 1.54) is 29.3 Å². The molecule has 1 aromatic heterocycles. The third-order valence-corrected chi connectivity index (χ3v) is 3.76. The zero-order valence-electron chi connectivity index (χ0n) is 10.1. The average Bonchev–Trinajstić information content (AvgIpc) is 2.95. The van der Waals surface area contributed by atoms with Crippen LogP contribution >= 0.6 is 0 Å². The first kappa shape index (κ1) is 10.7. The Kier molecular flexibility index (Phi) is 2.37. The first-order chi connectivity index (χ1) is 8.20. The summed E-state index contributed by atoms with van der Waals surface area (Å²) in [6, 6.07) is 6.14. The molecule has 0 saturated heterocycles. The fraction of sp³-hybridized carbons (Fsp3) is 0.429. The van der Waals surface area contributed by atoms with Crippen molar-refractivity contribution in [2.45, 2.75) is 31.2 Å². The number of rotatable bonds is 4. The third-order valence-electron chi connectivity index (χ3n) is 3.76. The molecule has 90 valence electrons. The molecular formula is C14H18N2O. The maximum absolute atomic E-state index is 6.13. The minimum Gasteiger partial charge on any atom is -0.497 e. The first-order valence-electron chi connectivity index (χ1n) is 6.13. The van der Waals surface area contributed by atoms with Crippen molar-refractivity contribution in [2.75, 3.05) is 7.11 Å². The maximum Gasteiger partial charge on any atom is 0.119 e. The fourth-order valence-electron chi connectivity index (χ4n) is 2.29. The van der Waals surface area contributed by atoms with Gasteiger partial charge in [0.15, 0.2) is 0 Å². The Morgan fingerprint density at radius 1 is 1.41 bits per heavy atom. The van der Waals surface area contributed by atoms with Crippen molar-refractivity contribution in [1.29, 1.82) is 0 Å². The highest BCUT2D eigenvalue weighted by Crippen LogP contribution is 2.37. The summed E-state index contributed by atoms with van der Waals surface area (Å²) < 4.78 is 5.27. The largest absolute Gasteiger partial charge is 0.497 e. The summed E-state index contributed by atoms with van der Waals surface area (Å²) in [5, 5.41) is 1.26. The summed E-state index contributed by atoms with van der Waals surface area (Å²) in [6.45, 7) is 0. The topological polar surface area (TPSA) is 51.0 Å². The molecule has 0 spiro atoms.